The van der Waals surface area contributed by atoms with Crippen molar-refractivity contribution in [2.24, 2.45) is 5.41 Å². The van der Waals surface area contributed by atoms with Crippen LogP contribution in [0.25, 0.3) is 0 Å². The minimum absolute atomic E-state index is 0.0443. The Labute approximate surface area is 190 Å². The molecule has 2 amide bonds. The number of nitrogens with one attached hydrogen (secondary N) is 2. The molecule has 2 N–H and O–H groups in total. The molecule has 1 rings (SSSR count). The monoisotopic (exact) mass is 446 g/mol. The first-order chi connectivity index (χ1) is 15.1. The summed E-state index contributed by atoms with van der Waals surface area (Å²) in [7, 11) is 0. The van der Waals surface area contributed by atoms with Crippen LogP contribution >= 0.6 is 0 Å². The molecule has 0 aliphatic carbocycles. The molecule has 0 aliphatic rings. The SMILES string of the molecule is C=CC(=O)OCCOC(=O)Nc1ccc(NC(=O)OCCC(C)(C)C/C(C)=C/C)cc1C. The first-order valence-corrected chi connectivity index (χ1v) is 10.5. The van der Waals surface area contributed by atoms with Crippen LogP contribution in [0.4, 0.5) is 21.0 Å². The summed E-state index contributed by atoms with van der Waals surface area (Å²) in [6.07, 6.45) is 3.61. The summed E-state index contributed by atoms with van der Waals surface area (Å²) in [6, 6.07) is 5.00. The van der Waals surface area contributed by atoms with Gasteiger partial charge < -0.3 is 14.2 Å². The second-order valence-electron chi connectivity index (χ2n) is 8.15. The number of ether oxygens (including phenoxy) is 3. The van der Waals surface area contributed by atoms with E-state index in [0.29, 0.717) is 18.0 Å². The van der Waals surface area contributed by atoms with Crippen LogP contribution in [-0.2, 0) is 19.0 Å². The van der Waals surface area contributed by atoms with Crippen molar-refractivity contribution in [3.63, 3.8) is 0 Å². The quantitative estimate of drug-likeness (QED) is 0.151. The number of amides is 2. The van der Waals surface area contributed by atoms with Crippen molar-refractivity contribution in [2.75, 3.05) is 30.5 Å². The van der Waals surface area contributed by atoms with E-state index in [4.69, 9.17) is 14.2 Å². The Kier molecular flexibility index (Phi) is 11.0. The lowest BCUT2D eigenvalue weighted by Crippen LogP contribution is -2.20. The van der Waals surface area contributed by atoms with E-state index in [1.165, 1.54) is 5.57 Å². The second kappa shape index (κ2) is 13.2. The zero-order valence-electron chi connectivity index (χ0n) is 19.6. The number of benzene rings is 1. The highest BCUT2D eigenvalue weighted by Crippen LogP contribution is 2.29. The fourth-order valence-corrected chi connectivity index (χ4v) is 2.88. The van der Waals surface area contributed by atoms with Gasteiger partial charge in [0, 0.05) is 17.5 Å². The number of carbonyl (C=O) groups excluding carboxylic acids is 3. The highest BCUT2D eigenvalue weighted by Gasteiger charge is 2.19. The Balaban J connectivity index is 2.45. The van der Waals surface area contributed by atoms with Gasteiger partial charge in [0.05, 0.1) is 6.61 Å². The van der Waals surface area contributed by atoms with E-state index in [9.17, 15) is 14.4 Å². The summed E-state index contributed by atoms with van der Waals surface area (Å²) in [5.41, 5.74) is 3.15. The third-order valence-corrected chi connectivity index (χ3v) is 4.70. The van der Waals surface area contributed by atoms with Gasteiger partial charge >= 0.3 is 18.2 Å². The van der Waals surface area contributed by atoms with Crippen molar-refractivity contribution in [3.8, 4) is 0 Å². The maximum Gasteiger partial charge on any atom is 0.411 e. The molecule has 0 unspecified atom stereocenters. The second-order valence-corrected chi connectivity index (χ2v) is 8.15. The molecule has 1 aromatic rings. The molecule has 0 atom stereocenters. The predicted molar refractivity (Wildman–Crippen MR) is 125 cm³/mol. The van der Waals surface area contributed by atoms with E-state index >= 15 is 0 Å². The van der Waals surface area contributed by atoms with Gasteiger partial charge in [0.2, 0.25) is 0 Å². The molecule has 0 spiro atoms. The maximum atomic E-state index is 12.1. The largest absolute Gasteiger partial charge is 0.459 e. The predicted octanol–water partition coefficient (Wildman–Crippen LogP) is 5.59. The van der Waals surface area contributed by atoms with Gasteiger partial charge in [-0.1, -0.05) is 32.1 Å². The lowest BCUT2D eigenvalue weighted by atomic mass is 9.83. The fraction of sp³-hybridized carbons (Fsp3) is 0.458. The molecule has 1 aromatic carbocycles. The van der Waals surface area contributed by atoms with Crippen molar-refractivity contribution in [2.45, 2.75) is 47.5 Å². The summed E-state index contributed by atoms with van der Waals surface area (Å²) in [5.74, 6) is -0.584. The van der Waals surface area contributed by atoms with Crippen LogP contribution in [0.1, 0.15) is 46.1 Å². The van der Waals surface area contributed by atoms with E-state index < -0.39 is 18.2 Å². The van der Waals surface area contributed by atoms with Gasteiger partial charge in [-0.25, -0.2) is 14.4 Å². The van der Waals surface area contributed by atoms with Crippen LogP contribution in [0.5, 0.6) is 0 Å². The topological polar surface area (TPSA) is 103 Å². The first-order valence-electron chi connectivity index (χ1n) is 10.5. The molecule has 32 heavy (non-hydrogen) atoms. The lowest BCUT2D eigenvalue weighted by molar-refractivity contribution is -0.138. The van der Waals surface area contributed by atoms with Crippen LogP contribution < -0.4 is 10.6 Å². The van der Waals surface area contributed by atoms with E-state index in [2.05, 4.69) is 44.1 Å². The Morgan fingerprint density at radius 1 is 1.03 bits per heavy atom. The van der Waals surface area contributed by atoms with Gasteiger partial charge in [-0.2, -0.15) is 0 Å². The van der Waals surface area contributed by atoms with Gasteiger partial charge in [0.1, 0.15) is 13.2 Å². The number of rotatable bonds is 11. The normalized spacial score (nSPS) is 11.3. The molecule has 0 aromatic heterocycles. The van der Waals surface area contributed by atoms with E-state index in [-0.39, 0.29) is 18.6 Å². The van der Waals surface area contributed by atoms with Crippen LogP contribution in [0, 0.1) is 12.3 Å². The van der Waals surface area contributed by atoms with Gasteiger partial charge in [0.15, 0.2) is 0 Å². The number of allylic oxidation sites excluding steroid dienone is 2. The summed E-state index contributed by atoms with van der Waals surface area (Å²) in [4.78, 5) is 34.8. The van der Waals surface area contributed by atoms with Gasteiger partial charge in [-0.3, -0.25) is 10.6 Å². The van der Waals surface area contributed by atoms with Gasteiger partial charge in [-0.15, -0.1) is 0 Å². The molecule has 0 heterocycles. The summed E-state index contributed by atoms with van der Waals surface area (Å²) in [6.45, 7) is 13.6. The van der Waals surface area contributed by atoms with Crippen LogP contribution in [-0.4, -0.2) is 38.0 Å². The van der Waals surface area contributed by atoms with Crippen LogP contribution in [0.3, 0.4) is 0 Å². The third-order valence-electron chi connectivity index (χ3n) is 4.70. The van der Waals surface area contributed by atoms with Crippen molar-refractivity contribution in [1.29, 1.82) is 0 Å². The Morgan fingerprint density at radius 3 is 2.28 bits per heavy atom. The number of carbonyl (C=O) groups is 3. The Bertz CT molecular complexity index is 845. The summed E-state index contributed by atoms with van der Waals surface area (Å²) < 4.78 is 15.0. The highest BCUT2D eigenvalue weighted by molar-refractivity contribution is 5.88. The van der Waals surface area contributed by atoms with Crippen LogP contribution in [0.15, 0.2) is 42.5 Å². The molecule has 0 radical (unpaired) electrons. The standard InChI is InChI=1S/C24H34N2O6/c1-7-17(3)16-24(5,6)11-12-31-22(28)25-19-9-10-20(18(4)15-19)26-23(29)32-14-13-30-21(27)8-2/h7-10,15H,2,11-14,16H2,1,3-6H3,(H,25,28)(H,26,29)/b17-7+. The fourth-order valence-electron chi connectivity index (χ4n) is 2.88. The van der Waals surface area contributed by atoms with Crippen molar-refractivity contribution < 1.29 is 28.6 Å². The molecule has 0 fully saturated rings. The van der Waals surface area contributed by atoms with Crippen LogP contribution in [0.2, 0.25) is 0 Å². The zero-order valence-corrected chi connectivity index (χ0v) is 19.6. The minimum Gasteiger partial charge on any atom is -0.459 e. The molecular formula is C24H34N2O6. The molecular weight excluding hydrogens is 412 g/mol. The minimum atomic E-state index is -0.682. The van der Waals surface area contributed by atoms with E-state index in [1.807, 2.05) is 6.92 Å². The van der Waals surface area contributed by atoms with Crippen molar-refractivity contribution >= 4 is 29.5 Å². The molecule has 0 saturated heterocycles. The number of esters is 1. The maximum absolute atomic E-state index is 12.1. The molecule has 0 aliphatic heterocycles. The Morgan fingerprint density at radius 2 is 1.66 bits per heavy atom. The van der Waals surface area contributed by atoms with Crippen molar-refractivity contribution in [1.82, 2.24) is 0 Å². The molecule has 8 nitrogen and oxygen atoms in total. The molecule has 0 bridgehead atoms. The van der Waals surface area contributed by atoms with Gasteiger partial charge in [-0.05, 0) is 62.8 Å². The zero-order chi connectivity index (χ0) is 24.1. The molecule has 176 valence electrons. The third kappa shape index (κ3) is 10.7. The smallest absolute Gasteiger partial charge is 0.411 e. The van der Waals surface area contributed by atoms with E-state index in [1.54, 1.807) is 25.1 Å². The Hall–Kier alpha value is -3.29. The average molecular weight is 447 g/mol. The number of anilines is 2. The summed E-state index contributed by atoms with van der Waals surface area (Å²) in [5, 5.41) is 5.28. The van der Waals surface area contributed by atoms with Crippen molar-refractivity contribution in [3.05, 3.63) is 48.1 Å². The number of hydrogen-bond acceptors (Lipinski definition) is 6. The average Bonchev–Trinajstić information content (AvgIpc) is 2.72. The number of aryl methyl sites for hydroxylation is 1. The van der Waals surface area contributed by atoms with E-state index in [0.717, 1.165) is 24.5 Å². The summed E-state index contributed by atoms with van der Waals surface area (Å²) >= 11 is 0. The molecule has 0 saturated carbocycles. The lowest BCUT2D eigenvalue weighted by Gasteiger charge is -2.24. The molecule has 8 heteroatoms. The highest BCUT2D eigenvalue weighted by atomic mass is 16.6. The first kappa shape index (κ1) is 26.7. The van der Waals surface area contributed by atoms with Gasteiger partial charge in [0.25, 0.3) is 0 Å². The number of hydrogen-bond donors (Lipinski definition) is 2.